The zero-order chi connectivity index (χ0) is 58.7. The monoisotopic (exact) mass is 1150 g/mol. The van der Waals surface area contributed by atoms with Crippen molar-refractivity contribution in [3.05, 3.63) is 112 Å². The maximum Gasteiger partial charge on any atom is 0.412 e. The van der Waals surface area contributed by atoms with Crippen molar-refractivity contribution in [3.8, 4) is 23.0 Å². The van der Waals surface area contributed by atoms with Crippen LogP contribution < -0.4 is 24.3 Å². The predicted octanol–water partition coefficient (Wildman–Crippen LogP) is 15.1. The third kappa shape index (κ3) is 18.5. The standard InChI is InChI=1S/C67H96N4O12/c1-4-7-9-11-13-15-17-19-21-25-39-68-66(75)82-54-36-38-59-57(45-54)64-55(29-24-27-41-73)52(28-23-26-40-72)44-56-58(69-81-48-50-31-34-53(35-32-50)71(76)77)46-62(67(83-59,65(56)64)80-42-6-3)70(47-51-33-37-60-61(43-51)79-49-78-60)63(74)30-22-20-18-16-14-12-10-8-5-2/h6,31-38,43-45,52,55,62,64-65,72-73H,3-5,7-30,39-42,46-49H2,1-2H3,(H,68,75)/t52-,55+,62-,64+,65+,67+/m0/s1. The first kappa shape index (κ1) is 64.6. The molecule has 456 valence electrons. The third-order valence-corrected chi connectivity index (χ3v) is 17.2. The van der Waals surface area contributed by atoms with E-state index < -0.39 is 28.8 Å². The molecule has 4 aliphatic rings. The number of rotatable bonds is 40. The summed E-state index contributed by atoms with van der Waals surface area (Å²) >= 11 is 0. The molecule has 2 aliphatic carbocycles. The number of benzene rings is 3. The molecule has 0 spiro atoms. The fraction of sp³-hybridized carbons (Fsp3) is 0.627. The number of fused-ring (bicyclic) bond motifs is 3. The van der Waals surface area contributed by atoms with E-state index in [-0.39, 0.29) is 75.5 Å². The number of oxime groups is 1. The smallest absolute Gasteiger partial charge is 0.412 e. The fourth-order valence-corrected chi connectivity index (χ4v) is 12.9. The molecule has 1 saturated carbocycles. The Kier molecular flexibility index (Phi) is 27.0. The minimum absolute atomic E-state index is 0.0229. The van der Waals surface area contributed by atoms with Gasteiger partial charge in [0, 0.05) is 62.8 Å². The first-order valence-corrected chi connectivity index (χ1v) is 31.7. The van der Waals surface area contributed by atoms with Crippen LogP contribution in [0.1, 0.15) is 210 Å². The summed E-state index contributed by atoms with van der Waals surface area (Å²) in [5, 5.41) is 39.9. The number of aliphatic hydroxyl groups excluding tert-OH is 2. The number of carbonyl (C=O) groups excluding carboxylic acids is 2. The highest BCUT2D eigenvalue weighted by Crippen LogP contribution is 2.62. The average Bonchev–Trinajstić information content (AvgIpc) is 1.62. The highest BCUT2D eigenvalue weighted by molar-refractivity contribution is 6.03. The van der Waals surface area contributed by atoms with Crippen LogP contribution in [0.15, 0.2) is 90.1 Å². The summed E-state index contributed by atoms with van der Waals surface area (Å²) in [5.41, 5.74) is 3.78. The van der Waals surface area contributed by atoms with Crippen molar-refractivity contribution in [1.29, 1.82) is 0 Å². The van der Waals surface area contributed by atoms with E-state index in [2.05, 4.69) is 31.8 Å². The number of nitrogens with one attached hydrogen (secondary N) is 1. The number of nitro benzene ring substituents is 1. The molecule has 2 aliphatic heterocycles. The van der Waals surface area contributed by atoms with Crippen LogP contribution in [0.25, 0.3) is 0 Å². The molecule has 2 amide bonds. The lowest BCUT2D eigenvalue weighted by Crippen LogP contribution is -2.70. The summed E-state index contributed by atoms with van der Waals surface area (Å²) in [6.45, 7) is 9.58. The molecule has 7 rings (SSSR count). The molecule has 3 N–H and O–H groups in total. The van der Waals surface area contributed by atoms with E-state index in [4.69, 9.17) is 33.7 Å². The Morgan fingerprint density at radius 1 is 0.771 bits per heavy atom. The summed E-state index contributed by atoms with van der Waals surface area (Å²) in [7, 11) is 0. The van der Waals surface area contributed by atoms with Crippen molar-refractivity contribution in [1.82, 2.24) is 10.2 Å². The van der Waals surface area contributed by atoms with Crippen molar-refractivity contribution in [2.75, 3.05) is 33.2 Å². The highest BCUT2D eigenvalue weighted by Gasteiger charge is 2.65. The number of unbranched alkanes of at least 4 members (excludes halogenated alkanes) is 19. The molecule has 0 bridgehead atoms. The summed E-state index contributed by atoms with van der Waals surface area (Å²) in [6.07, 6.45) is 29.9. The molecule has 83 heavy (non-hydrogen) atoms. The maximum atomic E-state index is 15.5. The van der Waals surface area contributed by atoms with E-state index in [1.165, 1.54) is 89.2 Å². The molecule has 2 heterocycles. The summed E-state index contributed by atoms with van der Waals surface area (Å²) in [6, 6.07) is 16.7. The number of nitro groups is 1. The lowest BCUT2D eigenvalue weighted by atomic mass is 9.55. The third-order valence-electron chi connectivity index (χ3n) is 17.2. The normalized spacial score (nSPS) is 20.7. The molecular formula is C67H96N4O12. The van der Waals surface area contributed by atoms with Crippen molar-refractivity contribution < 1.29 is 53.2 Å². The van der Waals surface area contributed by atoms with Gasteiger partial charge in [0.15, 0.2) is 11.5 Å². The van der Waals surface area contributed by atoms with Crippen LogP contribution in [0, 0.1) is 27.9 Å². The second-order valence-electron chi connectivity index (χ2n) is 23.3. The average molecular weight is 1150 g/mol. The van der Waals surface area contributed by atoms with E-state index >= 15 is 4.79 Å². The van der Waals surface area contributed by atoms with Gasteiger partial charge in [0.2, 0.25) is 18.5 Å². The second kappa shape index (κ2) is 34.7. The Hall–Kier alpha value is -5.97. The maximum absolute atomic E-state index is 15.5. The van der Waals surface area contributed by atoms with Gasteiger partial charge in [0.25, 0.3) is 5.69 Å². The molecule has 3 aromatic carbocycles. The zero-order valence-electron chi connectivity index (χ0n) is 49.9. The summed E-state index contributed by atoms with van der Waals surface area (Å²) in [5.74, 6) is -0.523. The van der Waals surface area contributed by atoms with Gasteiger partial charge in [-0.1, -0.05) is 159 Å². The van der Waals surface area contributed by atoms with Gasteiger partial charge in [-0.15, -0.1) is 6.58 Å². The van der Waals surface area contributed by atoms with E-state index in [0.29, 0.717) is 66.5 Å². The Balaban J connectivity index is 1.29. The van der Waals surface area contributed by atoms with Crippen molar-refractivity contribution >= 4 is 23.4 Å². The van der Waals surface area contributed by atoms with Crippen LogP contribution in [0.2, 0.25) is 0 Å². The first-order valence-electron chi connectivity index (χ1n) is 31.7. The van der Waals surface area contributed by atoms with Gasteiger partial charge < -0.3 is 49.0 Å². The topological polar surface area (TPSA) is 201 Å². The van der Waals surface area contributed by atoms with Crippen LogP contribution in [0.3, 0.4) is 0 Å². The molecule has 6 atom stereocenters. The SMILES string of the molecule is C=CCO[C@@]12Oc3ccc(OC(=O)NCCCCCCCCCCCC)cc3[C@H]3[C@H](CCCCO)[C@@H](CCCCO)C=C(C(=NOCc4ccc([N+](=O)[O-])cc4)C[C@@H]1N(Cc1ccc4c(c1)OCO4)C(=O)CCCCCCCCCCC)[C@H]32. The molecule has 3 aromatic rings. The number of non-ortho nitro benzene ring substituents is 1. The Morgan fingerprint density at radius 2 is 1.40 bits per heavy atom. The number of hydrogen-bond acceptors (Lipinski definition) is 13. The van der Waals surface area contributed by atoms with Gasteiger partial charge in [-0.3, -0.25) is 14.9 Å². The first-order chi connectivity index (χ1) is 40.6. The number of nitrogens with zero attached hydrogens (tertiary/aromatic N) is 3. The van der Waals surface area contributed by atoms with E-state index in [1.807, 2.05) is 35.2 Å². The van der Waals surface area contributed by atoms with Crippen molar-refractivity contribution in [3.63, 3.8) is 0 Å². The van der Waals surface area contributed by atoms with Gasteiger partial charge in [0.1, 0.15) is 24.1 Å². The Labute approximate surface area is 493 Å². The molecule has 0 aromatic heterocycles. The van der Waals surface area contributed by atoms with Crippen LogP contribution in [-0.2, 0) is 27.5 Å². The largest absolute Gasteiger partial charge is 0.459 e. The number of hydrogen-bond donors (Lipinski definition) is 3. The number of ether oxygens (including phenoxy) is 5. The van der Waals surface area contributed by atoms with E-state index in [0.717, 1.165) is 80.9 Å². The second-order valence-corrected chi connectivity index (χ2v) is 23.3. The minimum Gasteiger partial charge on any atom is -0.459 e. The molecule has 0 unspecified atom stereocenters. The quantitative estimate of drug-likeness (QED) is 0.0211. The predicted molar refractivity (Wildman–Crippen MR) is 324 cm³/mol. The van der Waals surface area contributed by atoms with Crippen LogP contribution in [-0.4, -0.2) is 82.7 Å². The minimum atomic E-state index is -1.53. The van der Waals surface area contributed by atoms with E-state index in [1.54, 1.807) is 24.3 Å². The molecule has 16 nitrogen and oxygen atoms in total. The molecular weight excluding hydrogens is 1050 g/mol. The number of aliphatic hydroxyl groups is 2. The number of amides is 2. The lowest BCUT2D eigenvalue weighted by molar-refractivity contribution is -0.384. The van der Waals surface area contributed by atoms with Crippen LogP contribution >= 0.6 is 0 Å². The van der Waals surface area contributed by atoms with Crippen molar-refractivity contribution in [2.45, 2.75) is 218 Å². The number of allylic oxidation sites excluding steroid dienone is 1. The fourth-order valence-electron chi connectivity index (χ4n) is 12.9. The molecule has 1 fully saturated rings. The molecule has 16 heteroatoms. The lowest BCUT2D eigenvalue weighted by Gasteiger charge is -2.60. The summed E-state index contributed by atoms with van der Waals surface area (Å²) in [4.78, 5) is 48.5. The Bertz CT molecular complexity index is 2550. The molecule has 0 saturated heterocycles. The highest BCUT2D eigenvalue weighted by atomic mass is 16.7. The van der Waals surface area contributed by atoms with Gasteiger partial charge in [-0.05, 0) is 110 Å². The molecule has 0 radical (unpaired) electrons. The van der Waals surface area contributed by atoms with Gasteiger partial charge in [-0.2, -0.15) is 0 Å². The Morgan fingerprint density at radius 3 is 2.06 bits per heavy atom. The van der Waals surface area contributed by atoms with Crippen molar-refractivity contribution in [2.24, 2.45) is 22.9 Å². The van der Waals surface area contributed by atoms with Crippen LogP contribution in [0.4, 0.5) is 10.5 Å². The van der Waals surface area contributed by atoms with Crippen LogP contribution in [0.5, 0.6) is 23.0 Å². The van der Waals surface area contributed by atoms with Gasteiger partial charge >= 0.3 is 6.09 Å². The number of carbonyl (C=O) groups is 2. The summed E-state index contributed by atoms with van der Waals surface area (Å²) < 4.78 is 32.6. The van der Waals surface area contributed by atoms with Gasteiger partial charge in [-0.25, -0.2) is 4.79 Å². The van der Waals surface area contributed by atoms with E-state index in [9.17, 15) is 25.1 Å². The van der Waals surface area contributed by atoms with Gasteiger partial charge in [0.05, 0.1) is 23.2 Å². The zero-order valence-corrected chi connectivity index (χ0v) is 49.9.